The zero-order valence-electron chi connectivity index (χ0n) is 9.77. The van der Waals surface area contributed by atoms with Crippen molar-refractivity contribution < 1.29 is 18.0 Å². The van der Waals surface area contributed by atoms with Crippen molar-refractivity contribution in [1.82, 2.24) is 5.32 Å². The summed E-state index contributed by atoms with van der Waals surface area (Å²) in [7, 11) is 1.57. The molecule has 1 aromatic carbocycles. The van der Waals surface area contributed by atoms with E-state index in [1.54, 1.807) is 7.05 Å². The Labute approximate surface area is 102 Å². The molecule has 0 atom stereocenters. The third kappa shape index (κ3) is 4.01. The first-order valence-corrected chi connectivity index (χ1v) is 5.22. The van der Waals surface area contributed by atoms with Crippen LogP contribution in [0.2, 0.25) is 0 Å². The highest BCUT2D eigenvalue weighted by atomic mass is 19.4. The Morgan fingerprint density at radius 2 is 2.00 bits per heavy atom. The summed E-state index contributed by atoms with van der Waals surface area (Å²) in [5.41, 5.74) is 4.90. The van der Waals surface area contributed by atoms with Gasteiger partial charge >= 0.3 is 6.18 Å². The van der Waals surface area contributed by atoms with Gasteiger partial charge in [0.15, 0.2) is 0 Å². The highest BCUT2D eigenvalue weighted by Gasteiger charge is 2.31. The van der Waals surface area contributed by atoms with Crippen LogP contribution in [-0.2, 0) is 17.5 Å². The molecule has 0 heterocycles. The maximum Gasteiger partial charge on any atom is 0.416 e. The van der Waals surface area contributed by atoms with Gasteiger partial charge in [-0.1, -0.05) is 0 Å². The van der Waals surface area contributed by atoms with Crippen LogP contribution in [-0.4, -0.2) is 19.5 Å². The van der Waals surface area contributed by atoms with Crippen molar-refractivity contribution in [3.05, 3.63) is 29.3 Å². The van der Waals surface area contributed by atoms with Crippen molar-refractivity contribution in [1.29, 1.82) is 0 Å². The molecule has 0 saturated carbocycles. The third-order valence-electron chi connectivity index (χ3n) is 2.18. The van der Waals surface area contributed by atoms with E-state index in [1.807, 2.05) is 0 Å². The summed E-state index contributed by atoms with van der Waals surface area (Å²) < 4.78 is 37.8. The van der Waals surface area contributed by atoms with E-state index in [4.69, 9.17) is 5.73 Å². The van der Waals surface area contributed by atoms with Gasteiger partial charge in [-0.3, -0.25) is 4.79 Å². The molecule has 0 bridgehead atoms. The van der Waals surface area contributed by atoms with Crippen LogP contribution in [0.1, 0.15) is 11.1 Å². The molecule has 4 nitrogen and oxygen atoms in total. The van der Waals surface area contributed by atoms with Crippen molar-refractivity contribution in [3.8, 4) is 0 Å². The molecule has 0 fully saturated rings. The normalized spacial score (nSPS) is 11.4. The van der Waals surface area contributed by atoms with E-state index in [2.05, 4.69) is 10.6 Å². The van der Waals surface area contributed by atoms with Crippen LogP contribution in [0.3, 0.4) is 0 Å². The highest BCUT2D eigenvalue weighted by molar-refractivity contribution is 5.92. The van der Waals surface area contributed by atoms with Crippen LogP contribution >= 0.6 is 0 Å². The van der Waals surface area contributed by atoms with E-state index in [0.717, 1.165) is 12.1 Å². The maximum absolute atomic E-state index is 12.6. The number of hydrogen-bond donors (Lipinski definition) is 3. The molecule has 100 valence electrons. The molecule has 0 spiro atoms. The lowest BCUT2D eigenvalue weighted by Gasteiger charge is -2.12. The number of amides is 1. The van der Waals surface area contributed by atoms with Gasteiger partial charge in [0.1, 0.15) is 0 Å². The van der Waals surface area contributed by atoms with Crippen molar-refractivity contribution >= 4 is 11.6 Å². The lowest BCUT2D eigenvalue weighted by molar-refractivity contribution is -0.137. The molecule has 4 N–H and O–H groups in total. The van der Waals surface area contributed by atoms with Crippen molar-refractivity contribution in [3.63, 3.8) is 0 Å². The number of rotatable bonds is 4. The number of halogens is 3. The fourth-order valence-corrected chi connectivity index (χ4v) is 1.41. The highest BCUT2D eigenvalue weighted by Crippen LogP contribution is 2.31. The Bertz CT molecular complexity index is 432. The Morgan fingerprint density at radius 1 is 1.33 bits per heavy atom. The van der Waals surface area contributed by atoms with Gasteiger partial charge in [0.05, 0.1) is 12.1 Å². The van der Waals surface area contributed by atoms with Crippen molar-refractivity contribution in [2.45, 2.75) is 12.7 Å². The average Bonchev–Trinajstić information content (AvgIpc) is 2.27. The number of likely N-dealkylation sites (N-methyl/N-ethyl adjacent to an activating group) is 1. The molecule has 0 aromatic heterocycles. The molecule has 1 rings (SSSR count). The molecule has 0 aliphatic heterocycles. The van der Waals surface area contributed by atoms with Gasteiger partial charge in [-0.05, 0) is 30.8 Å². The quantitative estimate of drug-likeness (QED) is 0.765. The lowest BCUT2D eigenvalue weighted by atomic mass is 10.1. The summed E-state index contributed by atoms with van der Waals surface area (Å²) in [6.45, 7) is -0.00692. The Kier molecular flexibility index (Phi) is 4.69. The van der Waals surface area contributed by atoms with Crippen LogP contribution in [0.4, 0.5) is 18.9 Å². The predicted molar refractivity (Wildman–Crippen MR) is 61.9 cm³/mol. The minimum absolute atomic E-state index is 0.0220. The number of nitrogens with one attached hydrogen (secondary N) is 2. The fraction of sp³-hybridized carbons (Fsp3) is 0.364. The molecular formula is C11H14F3N3O. The number of benzene rings is 1. The summed E-state index contributed by atoms with van der Waals surface area (Å²) in [6, 6.07) is 3.27. The van der Waals surface area contributed by atoms with Crippen LogP contribution in [0.5, 0.6) is 0 Å². The molecule has 0 aliphatic carbocycles. The zero-order chi connectivity index (χ0) is 13.8. The number of carbonyl (C=O) groups excluding carboxylic acids is 1. The largest absolute Gasteiger partial charge is 0.416 e. The second kappa shape index (κ2) is 5.83. The molecule has 1 aromatic rings. The number of nitrogens with two attached hydrogens (primary N) is 1. The van der Waals surface area contributed by atoms with E-state index >= 15 is 0 Å². The van der Waals surface area contributed by atoms with Crippen LogP contribution in [0, 0.1) is 0 Å². The van der Waals surface area contributed by atoms with Crippen LogP contribution in [0.15, 0.2) is 18.2 Å². The number of alkyl halides is 3. The molecule has 0 radical (unpaired) electrons. The van der Waals surface area contributed by atoms with E-state index in [-0.39, 0.29) is 18.8 Å². The van der Waals surface area contributed by atoms with Gasteiger partial charge < -0.3 is 16.4 Å². The molecular weight excluding hydrogens is 247 g/mol. The van der Waals surface area contributed by atoms with Crippen molar-refractivity contribution in [2.75, 3.05) is 18.9 Å². The Hall–Kier alpha value is -1.60. The minimum atomic E-state index is -4.46. The predicted octanol–water partition coefficient (Wildman–Crippen LogP) is 1.32. The smallest absolute Gasteiger partial charge is 0.326 e. The lowest BCUT2D eigenvalue weighted by Crippen LogP contribution is -2.25. The van der Waals surface area contributed by atoms with E-state index in [9.17, 15) is 18.0 Å². The van der Waals surface area contributed by atoms with E-state index < -0.39 is 17.6 Å². The minimum Gasteiger partial charge on any atom is -0.326 e. The van der Waals surface area contributed by atoms with Gasteiger partial charge in [-0.2, -0.15) is 13.2 Å². The molecule has 1 amide bonds. The summed E-state index contributed by atoms with van der Waals surface area (Å²) in [5.74, 6) is -0.417. The number of hydrogen-bond acceptors (Lipinski definition) is 3. The van der Waals surface area contributed by atoms with Crippen LogP contribution < -0.4 is 16.4 Å². The molecule has 0 unspecified atom stereocenters. The molecule has 0 saturated heterocycles. The monoisotopic (exact) mass is 261 g/mol. The zero-order valence-corrected chi connectivity index (χ0v) is 9.77. The summed E-state index contributed by atoms with van der Waals surface area (Å²) in [4.78, 5) is 11.3. The first-order valence-electron chi connectivity index (χ1n) is 5.22. The van der Waals surface area contributed by atoms with Crippen molar-refractivity contribution in [2.24, 2.45) is 5.73 Å². The topological polar surface area (TPSA) is 67.2 Å². The first-order chi connectivity index (χ1) is 8.36. The SMILES string of the molecule is CNCC(=O)Nc1cc(CN)cc(C(F)(F)F)c1. The van der Waals surface area contributed by atoms with Gasteiger partial charge in [0.25, 0.3) is 0 Å². The first kappa shape index (κ1) is 14.5. The Balaban J connectivity index is 3.01. The summed E-state index contributed by atoms with van der Waals surface area (Å²) in [5, 5.41) is 4.98. The number of anilines is 1. The average molecular weight is 261 g/mol. The summed E-state index contributed by atoms with van der Waals surface area (Å²) in [6.07, 6.45) is -4.46. The fourth-order valence-electron chi connectivity index (χ4n) is 1.41. The van der Waals surface area contributed by atoms with Gasteiger partial charge in [0.2, 0.25) is 5.91 Å². The van der Waals surface area contributed by atoms with Crippen LogP contribution in [0.25, 0.3) is 0 Å². The third-order valence-corrected chi connectivity index (χ3v) is 2.18. The maximum atomic E-state index is 12.6. The second-order valence-corrected chi connectivity index (χ2v) is 3.70. The Morgan fingerprint density at radius 3 is 2.50 bits per heavy atom. The standard InChI is InChI=1S/C11H14F3N3O/c1-16-6-10(18)17-9-3-7(5-15)2-8(4-9)11(12,13)14/h2-4,16H,5-6,15H2,1H3,(H,17,18). The molecule has 18 heavy (non-hydrogen) atoms. The van der Waals surface area contributed by atoms with Gasteiger partial charge in [0, 0.05) is 12.2 Å². The molecule has 0 aliphatic rings. The number of carbonyl (C=O) groups is 1. The molecule has 7 heteroatoms. The second-order valence-electron chi connectivity index (χ2n) is 3.70. The van der Waals surface area contributed by atoms with E-state index in [1.165, 1.54) is 6.07 Å². The van der Waals surface area contributed by atoms with Gasteiger partial charge in [-0.25, -0.2) is 0 Å². The van der Waals surface area contributed by atoms with Gasteiger partial charge in [-0.15, -0.1) is 0 Å². The van der Waals surface area contributed by atoms with E-state index in [0.29, 0.717) is 5.56 Å². The summed E-state index contributed by atoms with van der Waals surface area (Å²) >= 11 is 0.